The lowest BCUT2D eigenvalue weighted by Crippen LogP contribution is -2.36. The van der Waals surface area contributed by atoms with Gasteiger partial charge in [-0.05, 0) is 43.4 Å². The summed E-state index contributed by atoms with van der Waals surface area (Å²) in [5.41, 5.74) is 1.73. The average molecular weight is 443 g/mol. The predicted octanol–water partition coefficient (Wildman–Crippen LogP) is 4.21. The Labute approximate surface area is 185 Å². The molecule has 1 N–H and O–H groups in total. The van der Waals surface area contributed by atoms with Crippen LogP contribution in [0.4, 0.5) is 5.82 Å². The van der Waals surface area contributed by atoms with Gasteiger partial charge in [0.2, 0.25) is 0 Å². The van der Waals surface area contributed by atoms with Crippen molar-refractivity contribution in [1.29, 1.82) is 0 Å². The van der Waals surface area contributed by atoms with Crippen LogP contribution < -0.4 is 10.9 Å². The normalized spacial score (nSPS) is 19.1. The van der Waals surface area contributed by atoms with Crippen LogP contribution in [-0.2, 0) is 4.79 Å². The Bertz CT molecular complexity index is 1100. The third-order valence-electron chi connectivity index (χ3n) is 5.55. The fraction of sp³-hybridized carbons (Fsp3) is 0.455. The highest BCUT2D eigenvalue weighted by atomic mass is 32.2. The van der Waals surface area contributed by atoms with E-state index in [1.54, 1.807) is 21.6 Å². The Hall–Kier alpha value is -2.19. The quantitative estimate of drug-likeness (QED) is 0.553. The van der Waals surface area contributed by atoms with Gasteiger partial charge in [-0.2, -0.15) is 0 Å². The first-order chi connectivity index (χ1) is 14.4. The van der Waals surface area contributed by atoms with E-state index in [4.69, 9.17) is 17.2 Å². The standard InChI is InChI=1S/C22H26N4O2S2/c1-13(2)12-23-18-16(20(27)25-10-6-7-14(3)19(25)24-18)11-17-21(28)26(22(29)30-17)15-8-4-5-9-15/h6-7,10-11,13,15,23H,4-5,8-9,12H2,1-3H3. The van der Waals surface area contributed by atoms with Crippen LogP contribution >= 0.6 is 24.0 Å². The van der Waals surface area contributed by atoms with Gasteiger partial charge in [0.05, 0.1) is 10.5 Å². The maximum atomic E-state index is 13.3. The minimum Gasteiger partial charge on any atom is -0.369 e. The zero-order valence-corrected chi connectivity index (χ0v) is 19.1. The van der Waals surface area contributed by atoms with E-state index in [0.717, 1.165) is 31.2 Å². The number of fused-ring (bicyclic) bond motifs is 1. The van der Waals surface area contributed by atoms with Gasteiger partial charge in [0, 0.05) is 18.8 Å². The fourth-order valence-electron chi connectivity index (χ4n) is 3.97. The van der Waals surface area contributed by atoms with Crippen LogP contribution in [0.15, 0.2) is 28.0 Å². The number of rotatable bonds is 5. The molecule has 0 spiro atoms. The number of aromatic nitrogens is 2. The highest BCUT2D eigenvalue weighted by Crippen LogP contribution is 2.38. The van der Waals surface area contributed by atoms with Gasteiger partial charge in [-0.3, -0.25) is 18.9 Å². The molecule has 2 aromatic rings. The molecule has 158 valence electrons. The van der Waals surface area contributed by atoms with E-state index in [2.05, 4.69) is 19.2 Å². The molecule has 2 aromatic heterocycles. The van der Waals surface area contributed by atoms with Gasteiger partial charge in [-0.25, -0.2) is 4.98 Å². The molecule has 2 aliphatic rings. The summed E-state index contributed by atoms with van der Waals surface area (Å²) in [5, 5.41) is 3.30. The topological polar surface area (TPSA) is 66.7 Å². The Morgan fingerprint density at radius 3 is 2.77 bits per heavy atom. The van der Waals surface area contributed by atoms with Crippen molar-refractivity contribution in [3.05, 3.63) is 44.7 Å². The first-order valence-corrected chi connectivity index (χ1v) is 11.6. The molecule has 0 radical (unpaired) electrons. The summed E-state index contributed by atoms with van der Waals surface area (Å²) < 4.78 is 2.12. The zero-order valence-electron chi connectivity index (χ0n) is 17.5. The monoisotopic (exact) mass is 442 g/mol. The van der Waals surface area contributed by atoms with Crippen molar-refractivity contribution >= 4 is 51.7 Å². The number of hydrogen-bond donors (Lipinski definition) is 1. The molecule has 3 heterocycles. The summed E-state index contributed by atoms with van der Waals surface area (Å²) in [6, 6.07) is 3.94. The fourth-order valence-corrected chi connectivity index (χ4v) is 5.35. The molecule has 2 fully saturated rings. The van der Waals surface area contributed by atoms with Crippen LogP contribution in [0.2, 0.25) is 0 Å². The largest absolute Gasteiger partial charge is 0.369 e. The Morgan fingerprint density at radius 1 is 1.33 bits per heavy atom. The van der Waals surface area contributed by atoms with Crippen LogP contribution in [0.5, 0.6) is 0 Å². The van der Waals surface area contributed by atoms with Crippen molar-refractivity contribution in [3.63, 3.8) is 0 Å². The first kappa shape index (κ1) is 21.1. The van der Waals surface area contributed by atoms with Crippen molar-refractivity contribution in [2.45, 2.75) is 52.5 Å². The van der Waals surface area contributed by atoms with Crippen molar-refractivity contribution in [2.75, 3.05) is 11.9 Å². The SMILES string of the molecule is Cc1cccn2c(=O)c(C=C3SC(=S)N(C4CCCC4)C3=O)c(NCC(C)C)nc12. The third-order valence-corrected chi connectivity index (χ3v) is 6.88. The van der Waals surface area contributed by atoms with Crippen molar-refractivity contribution in [2.24, 2.45) is 5.92 Å². The predicted molar refractivity (Wildman–Crippen MR) is 127 cm³/mol. The second-order valence-electron chi connectivity index (χ2n) is 8.33. The molecule has 1 amide bonds. The third kappa shape index (κ3) is 3.90. The minimum atomic E-state index is -0.193. The number of thioether (sulfide) groups is 1. The van der Waals surface area contributed by atoms with Crippen LogP contribution in [0.1, 0.15) is 50.7 Å². The van der Waals surface area contributed by atoms with E-state index < -0.39 is 0 Å². The van der Waals surface area contributed by atoms with Gasteiger partial charge in [0.25, 0.3) is 11.5 Å². The van der Waals surface area contributed by atoms with Crippen molar-refractivity contribution in [3.8, 4) is 0 Å². The number of amides is 1. The van der Waals surface area contributed by atoms with Gasteiger partial charge in [-0.1, -0.05) is 56.7 Å². The molecule has 0 atom stereocenters. The second-order valence-corrected chi connectivity index (χ2v) is 10.0. The number of thiocarbonyl (C=S) groups is 1. The van der Waals surface area contributed by atoms with Gasteiger partial charge < -0.3 is 5.32 Å². The molecule has 0 unspecified atom stereocenters. The number of nitrogens with zero attached hydrogens (tertiary/aromatic N) is 3. The molecule has 4 rings (SSSR count). The van der Waals surface area contributed by atoms with E-state index in [1.807, 2.05) is 19.1 Å². The van der Waals surface area contributed by atoms with Crippen LogP contribution in [0.3, 0.4) is 0 Å². The summed E-state index contributed by atoms with van der Waals surface area (Å²) in [6.45, 7) is 6.80. The van der Waals surface area contributed by atoms with E-state index in [0.29, 0.717) is 38.7 Å². The number of pyridine rings is 1. The Kier molecular flexibility index (Phi) is 5.97. The van der Waals surface area contributed by atoms with Gasteiger partial charge in [0.1, 0.15) is 15.8 Å². The summed E-state index contributed by atoms with van der Waals surface area (Å²) >= 11 is 6.78. The van der Waals surface area contributed by atoms with Gasteiger partial charge in [-0.15, -0.1) is 0 Å². The molecule has 1 aliphatic carbocycles. The maximum Gasteiger partial charge on any atom is 0.267 e. The van der Waals surface area contributed by atoms with Crippen LogP contribution in [-0.4, -0.2) is 37.1 Å². The molecule has 30 heavy (non-hydrogen) atoms. The van der Waals surface area contributed by atoms with E-state index >= 15 is 0 Å². The summed E-state index contributed by atoms with van der Waals surface area (Å²) in [6.07, 6.45) is 7.60. The molecule has 8 heteroatoms. The summed E-state index contributed by atoms with van der Waals surface area (Å²) in [5.74, 6) is 0.796. The average Bonchev–Trinajstić information content (AvgIpc) is 3.31. The maximum absolute atomic E-state index is 13.3. The molecule has 1 aliphatic heterocycles. The Balaban J connectivity index is 1.80. The lowest BCUT2D eigenvalue weighted by atomic mass is 10.2. The summed E-state index contributed by atoms with van der Waals surface area (Å²) in [7, 11) is 0. The van der Waals surface area contributed by atoms with Crippen molar-refractivity contribution < 1.29 is 4.79 Å². The van der Waals surface area contributed by atoms with E-state index in [1.165, 1.54) is 11.8 Å². The highest BCUT2D eigenvalue weighted by molar-refractivity contribution is 8.26. The summed E-state index contributed by atoms with van der Waals surface area (Å²) in [4.78, 5) is 33.4. The molecular formula is C22H26N4O2S2. The van der Waals surface area contributed by atoms with Crippen LogP contribution in [0, 0.1) is 12.8 Å². The van der Waals surface area contributed by atoms with Crippen molar-refractivity contribution in [1.82, 2.24) is 14.3 Å². The number of hydrogen-bond acceptors (Lipinski definition) is 6. The molecule has 1 saturated heterocycles. The number of aryl methyl sites for hydroxylation is 1. The first-order valence-electron chi connectivity index (χ1n) is 10.4. The zero-order chi connectivity index (χ0) is 21.4. The number of carbonyl (C=O) groups excluding carboxylic acids is 1. The van der Waals surface area contributed by atoms with E-state index in [-0.39, 0.29) is 17.5 Å². The molecule has 1 saturated carbocycles. The highest BCUT2D eigenvalue weighted by Gasteiger charge is 2.38. The molecule has 0 aromatic carbocycles. The Morgan fingerprint density at radius 2 is 2.07 bits per heavy atom. The second kappa shape index (κ2) is 8.51. The number of nitrogens with one attached hydrogen (secondary N) is 1. The molecule has 0 bridgehead atoms. The van der Waals surface area contributed by atoms with E-state index in [9.17, 15) is 9.59 Å². The van der Waals surface area contributed by atoms with Gasteiger partial charge in [0.15, 0.2) is 0 Å². The minimum absolute atomic E-state index is 0.0968. The lowest BCUT2D eigenvalue weighted by molar-refractivity contribution is -0.123. The smallest absolute Gasteiger partial charge is 0.267 e. The van der Waals surface area contributed by atoms with Gasteiger partial charge >= 0.3 is 0 Å². The number of carbonyl (C=O) groups is 1. The van der Waals surface area contributed by atoms with Crippen LogP contribution in [0.25, 0.3) is 11.7 Å². The number of anilines is 1. The lowest BCUT2D eigenvalue weighted by Gasteiger charge is -2.21. The molecule has 6 nitrogen and oxygen atoms in total. The molecular weight excluding hydrogens is 416 g/mol.